The molecule has 15 aromatic carbocycles. The Balaban J connectivity index is 0.635. The molecule has 0 N–H and O–H groups in total. The molecule has 0 bridgehead atoms. The molecule has 20 aromatic rings. The molecule has 0 aliphatic carbocycles. The van der Waals surface area contributed by atoms with Gasteiger partial charge < -0.3 is 22.8 Å². The fraction of sp³-hybridized carbons (Fsp3) is 0. The Hall–Kier alpha value is -12.7. The topological polar surface area (TPSA) is 24.6 Å². The molecule has 95 heavy (non-hydrogen) atoms. The lowest BCUT2D eigenvalue weighted by atomic mass is 9.97. The number of hydrogen-bond acceptors (Lipinski definition) is 0. The highest BCUT2D eigenvalue weighted by molar-refractivity contribution is 6.15. The van der Waals surface area contributed by atoms with Gasteiger partial charge in [0.2, 0.25) is 0 Å². The van der Waals surface area contributed by atoms with Gasteiger partial charge in [-0.1, -0.05) is 200 Å². The first-order valence-corrected chi connectivity index (χ1v) is 32.7. The second-order valence-electron chi connectivity index (χ2n) is 25.2. The maximum absolute atomic E-state index is 2.44. The van der Waals surface area contributed by atoms with Crippen LogP contribution in [0.4, 0.5) is 0 Å². The summed E-state index contributed by atoms with van der Waals surface area (Å²) in [6, 6.07) is 128. The van der Waals surface area contributed by atoms with Crippen LogP contribution in [0.5, 0.6) is 0 Å². The van der Waals surface area contributed by atoms with Crippen LogP contribution in [0.2, 0.25) is 0 Å². The molecular weight excluding hydrogens is 1150 g/mol. The van der Waals surface area contributed by atoms with E-state index in [1.54, 1.807) is 0 Å². The van der Waals surface area contributed by atoms with Crippen molar-refractivity contribution in [2.45, 2.75) is 0 Å². The van der Waals surface area contributed by atoms with Crippen LogP contribution in [-0.2, 0) is 0 Å². The van der Waals surface area contributed by atoms with Gasteiger partial charge >= 0.3 is 0 Å². The molecule has 0 amide bonds. The summed E-state index contributed by atoms with van der Waals surface area (Å²) in [5.74, 6) is 0. The van der Waals surface area contributed by atoms with Crippen molar-refractivity contribution in [2.24, 2.45) is 0 Å². The molecule has 0 spiro atoms. The molecule has 442 valence electrons. The van der Waals surface area contributed by atoms with Crippen LogP contribution < -0.4 is 0 Å². The van der Waals surface area contributed by atoms with Crippen molar-refractivity contribution in [1.82, 2.24) is 22.8 Å². The first-order chi connectivity index (χ1) is 47.1. The Morgan fingerprint density at radius 3 is 0.653 bits per heavy atom. The summed E-state index contributed by atoms with van der Waals surface area (Å²) in [5, 5.41) is 12.4. The lowest BCUT2D eigenvalue weighted by Crippen LogP contribution is -1.98. The third-order valence-electron chi connectivity index (χ3n) is 20.0. The lowest BCUT2D eigenvalue weighted by molar-refractivity contribution is 1.13. The Morgan fingerprint density at radius 1 is 0.116 bits per heavy atom. The minimum Gasteiger partial charge on any atom is -0.309 e. The second kappa shape index (κ2) is 20.9. The van der Waals surface area contributed by atoms with Gasteiger partial charge in [0.15, 0.2) is 0 Å². The van der Waals surface area contributed by atoms with Crippen molar-refractivity contribution < 1.29 is 0 Å². The van der Waals surface area contributed by atoms with E-state index in [1.807, 2.05) is 0 Å². The maximum atomic E-state index is 2.44. The Morgan fingerprint density at radius 2 is 0.326 bits per heavy atom. The Kier molecular flexibility index (Phi) is 11.7. The van der Waals surface area contributed by atoms with Crippen molar-refractivity contribution in [3.05, 3.63) is 346 Å². The van der Waals surface area contributed by atoms with Gasteiger partial charge in [0, 0.05) is 82.3 Å². The smallest absolute Gasteiger partial charge is 0.0541 e. The van der Waals surface area contributed by atoms with Crippen LogP contribution in [0.15, 0.2) is 346 Å². The van der Waals surface area contributed by atoms with Crippen molar-refractivity contribution >= 4 is 109 Å². The fourth-order valence-electron chi connectivity index (χ4n) is 15.8. The van der Waals surface area contributed by atoms with Crippen LogP contribution >= 0.6 is 0 Å². The predicted molar refractivity (Wildman–Crippen MR) is 400 cm³/mol. The average molecular weight is 1210 g/mol. The predicted octanol–water partition coefficient (Wildman–Crippen LogP) is 23.8. The molecule has 0 radical (unpaired) electrons. The number of rotatable bonds is 9. The molecule has 0 atom stereocenters. The largest absolute Gasteiger partial charge is 0.309 e. The number of aromatic nitrogens is 5. The number of benzene rings is 15. The molecule has 0 saturated heterocycles. The molecule has 0 aliphatic heterocycles. The van der Waals surface area contributed by atoms with E-state index in [4.69, 9.17) is 0 Å². The molecule has 0 fully saturated rings. The van der Waals surface area contributed by atoms with Gasteiger partial charge in [-0.2, -0.15) is 0 Å². The maximum Gasteiger partial charge on any atom is 0.0541 e. The summed E-state index contributed by atoms with van der Waals surface area (Å²) in [6.07, 6.45) is 0. The molecule has 20 rings (SSSR count). The number of hydrogen-bond donors (Lipinski definition) is 0. The molecule has 5 heteroatoms. The number of nitrogens with zero attached hydrogens (tertiary/aromatic N) is 5. The van der Waals surface area contributed by atoms with Crippen LogP contribution in [0.1, 0.15) is 0 Å². The van der Waals surface area contributed by atoms with Gasteiger partial charge in [-0.15, -0.1) is 0 Å². The zero-order chi connectivity index (χ0) is 62.2. The normalized spacial score (nSPS) is 12.0. The highest BCUT2D eigenvalue weighted by Gasteiger charge is 2.21. The van der Waals surface area contributed by atoms with Crippen molar-refractivity contribution in [3.63, 3.8) is 0 Å². The molecule has 0 saturated carbocycles. The second-order valence-corrected chi connectivity index (χ2v) is 25.2. The van der Waals surface area contributed by atoms with Gasteiger partial charge in [-0.25, -0.2) is 0 Å². The van der Waals surface area contributed by atoms with Crippen molar-refractivity contribution in [2.75, 3.05) is 0 Å². The van der Waals surface area contributed by atoms with Crippen LogP contribution in [0, 0.1) is 0 Å². The van der Waals surface area contributed by atoms with Gasteiger partial charge in [0.05, 0.1) is 55.2 Å². The van der Waals surface area contributed by atoms with Crippen LogP contribution in [-0.4, -0.2) is 22.8 Å². The first kappa shape index (κ1) is 53.0. The average Bonchev–Trinajstić information content (AvgIpc) is 1.63. The number of fused-ring (bicyclic) bond motifs is 15. The standard InChI is InChI=1S/C90H57N5/c1-2-24-66(25-3-1)91-83-38-12-6-32-73(83)77-55-64(44-46-87(77)91)61-23-18-27-68(52-61)93-84-39-13-7-33-74(84)78-53-62(42-47-88(78)93)58-20-16-21-59(50-58)63-43-48-89-79(54-63)75-34-8-14-40-85(75)94(89)69-28-19-29-70(57-69)95-86-41-15-9-35-76(86)80-56-65(45-49-90(80)95)60-22-17-26-67(51-60)92-81-36-10-4-30-71(81)72-31-5-11-37-82(72)92/h1-57H. The van der Waals surface area contributed by atoms with E-state index in [2.05, 4.69) is 369 Å². The molecule has 0 unspecified atom stereocenters. The SMILES string of the molecule is c1ccc(-n2c3ccccc3c3cc(-c4cccc(-n5c6ccccc6c6cc(-c7cccc(-c8ccc9c(c8)c8ccccc8n9-c8cccc(-n9c%10ccccc%10c%10cc(-c%11cccc(-n%12c%13ccccc%13c%13ccccc%13%12)c%11)ccc%109)c8)c7)ccc65)c4)ccc32)cc1. The monoisotopic (exact) mass is 1210 g/mol. The van der Waals surface area contributed by atoms with E-state index in [9.17, 15) is 0 Å². The van der Waals surface area contributed by atoms with E-state index in [0.29, 0.717) is 0 Å². The summed E-state index contributed by atoms with van der Waals surface area (Å²) in [6.45, 7) is 0. The van der Waals surface area contributed by atoms with E-state index >= 15 is 0 Å². The third kappa shape index (κ3) is 8.23. The van der Waals surface area contributed by atoms with Crippen LogP contribution in [0.25, 0.3) is 182 Å². The van der Waals surface area contributed by atoms with Gasteiger partial charge in [-0.05, 0) is 190 Å². The summed E-state index contributed by atoms with van der Waals surface area (Å²) in [7, 11) is 0. The minimum absolute atomic E-state index is 1.11. The Labute approximate surface area is 547 Å². The van der Waals surface area contributed by atoms with Gasteiger partial charge in [0.25, 0.3) is 0 Å². The van der Waals surface area contributed by atoms with Crippen LogP contribution in [0.3, 0.4) is 0 Å². The summed E-state index contributed by atoms with van der Waals surface area (Å²) in [4.78, 5) is 0. The lowest BCUT2D eigenvalue weighted by Gasteiger charge is -2.13. The van der Waals surface area contributed by atoms with Gasteiger partial charge in [-0.3, -0.25) is 0 Å². The molecule has 5 aromatic heterocycles. The fourth-order valence-corrected chi connectivity index (χ4v) is 15.8. The van der Waals surface area contributed by atoms with Crippen molar-refractivity contribution in [3.8, 4) is 72.9 Å². The zero-order valence-electron chi connectivity index (χ0n) is 51.6. The summed E-state index contributed by atoms with van der Waals surface area (Å²) >= 11 is 0. The minimum atomic E-state index is 1.11. The third-order valence-corrected chi connectivity index (χ3v) is 20.0. The van der Waals surface area contributed by atoms with E-state index < -0.39 is 0 Å². The van der Waals surface area contributed by atoms with Gasteiger partial charge in [0.1, 0.15) is 0 Å². The summed E-state index contributed by atoms with van der Waals surface area (Å²) < 4.78 is 12.1. The quantitative estimate of drug-likeness (QED) is 0.138. The highest BCUT2D eigenvalue weighted by Crippen LogP contribution is 2.43. The number of para-hydroxylation sites is 7. The summed E-state index contributed by atoms with van der Waals surface area (Å²) in [5.41, 5.74) is 27.0. The van der Waals surface area contributed by atoms with E-state index in [-0.39, 0.29) is 0 Å². The van der Waals surface area contributed by atoms with E-state index in [0.717, 1.165) is 28.4 Å². The zero-order valence-corrected chi connectivity index (χ0v) is 51.6. The Bertz CT molecular complexity index is 6490. The highest BCUT2D eigenvalue weighted by atomic mass is 15.0. The molecule has 0 aliphatic rings. The molecule has 5 nitrogen and oxygen atoms in total. The van der Waals surface area contributed by atoms with Crippen molar-refractivity contribution in [1.29, 1.82) is 0 Å². The first-order valence-electron chi connectivity index (χ1n) is 32.7. The molecular formula is C90H57N5. The molecule has 5 heterocycles. The van der Waals surface area contributed by atoms with E-state index in [1.165, 1.54) is 154 Å².